The molecule has 0 aliphatic rings. The summed E-state index contributed by atoms with van der Waals surface area (Å²) in [4.78, 5) is 11.3. The van der Waals surface area contributed by atoms with E-state index in [1.54, 1.807) is 6.92 Å². The van der Waals surface area contributed by atoms with Gasteiger partial charge in [0.1, 0.15) is 0 Å². The van der Waals surface area contributed by atoms with Gasteiger partial charge >= 0.3 is 12.1 Å². The number of nitrogens with zero attached hydrogens (tertiary/aromatic N) is 1. The first kappa shape index (κ1) is 15.5. The number of nitriles is 1. The highest BCUT2D eigenvalue weighted by Crippen LogP contribution is 2.35. The number of hydrogen-bond acceptors (Lipinski definition) is 3. The van der Waals surface area contributed by atoms with Crippen molar-refractivity contribution >= 4 is 21.9 Å². The molecule has 0 atom stereocenters. The predicted molar refractivity (Wildman–Crippen MR) is 64.2 cm³/mol. The zero-order valence-corrected chi connectivity index (χ0v) is 11.4. The number of carbonyl (C=O) groups is 1. The molecule has 102 valence electrons. The third kappa shape index (κ3) is 3.96. The van der Waals surface area contributed by atoms with E-state index in [1.165, 1.54) is 6.07 Å². The Hall–Kier alpha value is -1.55. The molecular weight excluding hydrogens is 327 g/mol. The number of halogens is 4. The monoisotopic (exact) mass is 335 g/mol. The quantitative estimate of drug-likeness (QED) is 0.795. The zero-order valence-electron chi connectivity index (χ0n) is 9.84. The Kier molecular flexibility index (Phi) is 4.95. The number of rotatable bonds is 3. The molecule has 1 aromatic carbocycles. The van der Waals surface area contributed by atoms with E-state index < -0.39 is 23.3 Å². The fourth-order valence-corrected chi connectivity index (χ4v) is 1.93. The van der Waals surface area contributed by atoms with Gasteiger partial charge in [-0.1, -0.05) is 15.9 Å². The van der Waals surface area contributed by atoms with Crippen molar-refractivity contribution in [3.63, 3.8) is 0 Å². The lowest BCUT2D eigenvalue weighted by Crippen LogP contribution is -2.11. The van der Waals surface area contributed by atoms with E-state index in [4.69, 9.17) is 10.00 Å². The third-order valence-corrected chi connectivity index (χ3v) is 2.99. The highest BCUT2D eigenvalue weighted by atomic mass is 79.9. The van der Waals surface area contributed by atoms with E-state index in [1.807, 2.05) is 0 Å². The Bertz CT molecular complexity index is 535. The molecule has 0 aliphatic heterocycles. The molecule has 1 rings (SSSR count). The molecule has 0 aliphatic carbocycles. The van der Waals surface area contributed by atoms with Gasteiger partial charge < -0.3 is 4.74 Å². The van der Waals surface area contributed by atoms with Gasteiger partial charge in [-0.25, -0.2) is 0 Å². The van der Waals surface area contributed by atoms with E-state index in [2.05, 4.69) is 15.9 Å². The van der Waals surface area contributed by atoms with Gasteiger partial charge in [0, 0.05) is 4.47 Å². The van der Waals surface area contributed by atoms with Crippen molar-refractivity contribution in [1.29, 1.82) is 5.26 Å². The fourth-order valence-electron chi connectivity index (χ4n) is 1.45. The molecule has 0 fully saturated rings. The molecule has 0 radical (unpaired) electrons. The van der Waals surface area contributed by atoms with E-state index in [0.717, 1.165) is 12.1 Å². The number of carbonyl (C=O) groups excluding carboxylic acids is 1. The van der Waals surface area contributed by atoms with E-state index >= 15 is 0 Å². The lowest BCUT2D eigenvalue weighted by atomic mass is 10.0. The zero-order chi connectivity index (χ0) is 14.6. The van der Waals surface area contributed by atoms with E-state index in [9.17, 15) is 18.0 Å². The third-order valence-electron chi connectivity index (χ3n) is 2.25. The van der Waals surface area contributed by atoms with E-state index in [0.29, 0.717) is 0 Å². The highest BCUT2D eigenvalue weighted by Gasteiger charge is 2.34. The van der Waals surface area contributed by atoms with Gasteiger partial charge in [0.15, 0.2) is 0 Å². The molecule has 0 amide bonds. The molecule has 0 bridgehead atoms. The Balaban J connectivity index is 3.18. The minimum absolute atomic E-state index is 0.117. The van der Waals surface area contributed by atoms with Gasteiger partial charge in [0.2, 0.25) is 0 Å². The number of hydrogen-bond donors (Lipinski definition) is 0. The van der Waals surface area contributed by atoms with Crippen LogP contribution in [-0.4, -0.2) is 12.6 Å². The van der Waals surface area contributed by atoms with Crippen LogP contribution in [0.4, 0.5) is 13.2 Å². The smallest absolute Gasteiger partial charge is 0.417 e. The lowest BCUT2D eigenvalue weighted by molar-refractivity contribution is -0.142. The lowest BCUT2D eigenvalue weighted by Gasteiger charge is -2.12. The summed E-state index contributed by atoms with van der Waals surface area (Å²) in [5, 5.41) is 8.75. The molecular formula is C12H9BrF3NO2. The summed E-state index contributed by atoms with van der Waals surface area (Å²) in [7, 11) is 0. The second kappa shape index (κ2) is 6.06. The van der Waals surface area contributed by atoms with Crippen molar-refractivity contribution < 1.29 is 22.7 Å². The van der Waals surface area contributed by atoms with Crippen LogP contribution in [0.2, 0.25) is 0 Å². The maximum Gasteiger partial charge on any atom is 0.417 e. The molecule has 0 unspecified atom stereocenters. The molecule has 0 N–H and O–H groups in total. The fraction of sp³-hybridized carbons (Fsp3) is 0.333. The number of ether oxygens (including phenoxy) is 1. The van der Waals surface area contributed by atoms with Gasteiger partial charge in [-0.3, -0.25) is 4.79 Å². The molecule has 3 nitrogen and oxygen atoms in total. The summed E-state index contributed by atoms with van der Waals surface area (Å²) >= 11 is 2.97. The molecule has 0 heterocycles. The summed E-state index contributed by atoms with van der Waals surface area (Å²) in [5.41, 5.74) is -1.27. The van der Waals surface area contributed by atoms with Crippen molar-refractivity contribution in [1.82, 2.24) is 0 Å². The summed E-state index contributed by atoms with van der Waals surface area (Å²) < 4.78 is 42.8. The standard InChI is InChI=1S/C12H9BrF3NO2/c1-2-19-11(18)4-7-3-8(6-17)9(5-10(7)13)12(14,15)16/h3,5H,2,4H2,1H3. The van der Waals surface area contributed by atoms with Crippen LogP contribution < -0.4 is 0 Å². The second-order valence-corrected chi connectivity index (χ2v) is 4.43. The van der Waals surface area contributed by atoms with Crippen LogP contribution in [0.25, 0.3) is 0 Å². The topological polar surface area (TPSA) is 50.1 Å². The number of benzene rings is 1. The molecule has 1 aromatic rings. The molecule has 0 spiro atoms. The average molecular weight is 336 g/mol. The first-order valence-corrected chi connectivity index (χ1v) is 6.04. The van der Waals surface area contributed by atoms with Crippen molar-refractivity contribution in [3.8, 4) is 6.07 Å². The van der Waals surface area contributed by atoms with Crippen LogP contribution in [0, 0.1) is 11.3 Å². The predicted octanol–water partition coefficient (Wildman–Crippen LogP) is 3.45. The van der Waals surface area contributed by atoms with Gasteiger partial charge in [-0.2, -0.15) is 18.4 Å². The van der Waals surface area contributed by atoms with Gasteiger partial charge in [-0.05, 0) is 24.6 Å². The Morgan fingerprint density at radius 2 is 2.11 bits per heavy atom. The van der Waals surface area contributed by atoms with Crippen LogP contribution in [0.3, 0.4) is 0 Å². The maximum atomic E-state index is 12.7. The maximum absolute atomic E-state index is 12.7. The summed E-state index contributed by atoms with van der Waals surface area (Å²) in [5.74, 6) is -0.563. The van der Waals surface area contributed by atoms with Crippen LogP contribution in [0.1, 0.15) is 23.6 Å². The van der Waals surface area contributed by atoms with Crippen molar-refractivity contribution in [2.24, 2.45) is 0 Å². The van der Waals surface area contributed by atoms with Gasteiger partial charge in [-0.15, -0.1) is 0 Å². The van der Waals surface area contributed by atoms with Crippen LogP contribution in [0.5, 0.6) is 0 Å². The molecule has 19 heavy (non-hydrogen) atoms. The van der Waals surface area contributed by atoms with Crippen LogP contribution in [-0.2, 0) is 22.1 Å². The molecule has 7 heteroatoms. The Labute approximate surface area is 116 Å². The van der Waals surface area contributed by atoms with Gasteiger partial charge in [0.25, 0.3) is 0 Å². The molecule has 0 saturated carbocycles. The van der Waals surface area contributed by atoms with Crippen molar-refractivity contribution in [2.45, 2.75) is 19.5 Å². The SMILES string of the molecule is CCOC(=O)Cc1cc(C#N)c(C(F)(F)F)cc1Br. The average Bonchev–Trinajstić information content (AvgIpc) is 2.30. The minimum Gasteiger partial charge on any atom is -0.466 e. The highest BCUT2D eigenvalue weighted by molar-refractivity contribution is 9.10. The van der Waals surface area contributed by atoms with Crippen molar-refractivity contribution in [2.75, 3.05) is 6.61 Å². The van der Waals surface area contributed by atoms with Crippen LogP contribution >= 0.6 is 15.9 Å². The summed E-state index contributed by atoms with van der Waals surface area (Å²) in [6.07, 6.45) is -4.81. The summed E-state index contributed by atoms with van der Waals surface area (Å²) in [6.45, 7) is 1.81. The normalized spacial score (nSPS) is 10.9. The second-order valence-electron chi connectivity index (χ2n) is 3.58. The first-order chi connectivity index (χ1) is 8.79. The summed E-state index contributed by atoms with van der Waals surface area (Å²) in [6, 6.07) is 3.33. The van der Waals surface area contributed by atoms with Crippen LogP contribution in [0.15, 0.2) is 16.6 Å². The minimum atomic E-state index is -4.62. The Morgan fingerprint density at radius 3 is 2.58 bits per heavy atom. The van der Waals surface area contributed by atoms with Crippen molar-refractivity contribution in [3.05, 3.63) is 33.3 Å². The van der Waals surface area contributed by atoms with E-state index in [-0.39, 0.29) is 23.1 Å². The number of alkyl halides is 3. The molecule has 0 saturated heterocycles. The number of esters is 1. The molecule has 0 aromatic heterocycles. The Morgan fingerprint density at radius 1 is 1.47 bits per heavy atom. The first-order valence-electron chi connectivity index (χ1n) is 5.25. The largest absolute Gasteiger partial charge is 0.466 e. The van der Waals surface area contributed by atoms with Gasteiger partial charge in [0.05, 0.1) is 30.2 Å².